The van der Waals surface area contributed by atoms with Crippen molar-refractivity contribution in [3.05, 3.63) is 0 Å². The average Bonchev–Trinajstić information content (AvgIpc) is 3.11. The molecule has 0 aromatic rings. The van der Waals surface area contributed by atoms with E-state index in [0.717, 1.165) is 44.4 Å². The molecule has 3 atom stereocenters. The maximum absolute atomic E-state index is 11.5. The largest absolute Gasteiger partial charge is 0.481 e. The molecule has 312 valence electrons. The third-order valence-corrected chi connectivity index (χ3v) is 11.1. The number of esters is 1. The Balaban J connectivity index is 0. The Hall–Kier alpha value is -1.06. The van der Waals surface area contributed by atoms with Crippen LogP contribution in [0.1, 0.15) is 273 Å². The molecule has 0 amide bonds. The zero-order valence-corrected chi connectivity index (χ0v) is 36.7. The van der Waals surface area contributed by atoms with E-state index in [1.807, 2.05) is 13.8 Å². The summed E-state index contributed by atoms with van der Waals surface area (Å²) in [6, 6.07) is 0. The molecular weight excluding hydrogens is 641 g/mol. The molecule has 0 saturated carbocycles. The second kappa shape index (κ2) is 42.7. The van der Waals surface area contributed by atoms with Gasteiger partial charge in [-0.2, -0.15) is 0 Å². The molecule has 1 N–H and O–H groups in total. The first-order valence-electron chi connectivity index (χ1n) is 23.6. The summed E-state index contributed by atoms with van der Waals surface area (Å²) in [5.74, 6) is 0.750. The van der Waals surface area contributed by atoms with E-state index < -0.39 is 5.97 Å². The van der Waals surface area contributed by atoms with Crippen LogP contribution in [-0.4, -0.2) is 23.1 Å². The smallest absolute Gasteiger partial charge is 0.306 e. The summed E-state index contributed by atoms with van der Waals surface area (Å²) >= 11 is 0. The van der Waals surface area contributed by atoms with Gasteiger partial charge >= 0.3 is 11.9 Å². The average molecular weight is 737 g/mol. The highest BCUT2D eigenvalue weighted by molar-refractivity contribution is 5.70. The van der Waals surface area contributed by atoms with Crippen molar-refractivity contribution in [1.82, 2.24) is 0 Å². The number of carboxylic acid groups (broad SMARTS) is 1. The van der Waals surface area contributed by atoms with Crippen molar-refractivity contribution in [3.63, 3.8) is 0 Å². The normalized spacial score (nSPS) is 13.1. The Bertz CT molecular complexity index is 719. The lowest BCUT2D eigenvalue weighted by Gasteiger charge is -2.16. The van der Waals surface area contributed by atoms with Gasteiger partial charge in [0.2, 0.25) is 0 Å². The van der Waals surface area contributed by atoms with Crippen molar-refractivity contribution in [3.8, 4) is 0 Å². The van der Waals surface area contributed by atoms with E-state index in [9.17, 15) is 14.7 Å². The number of carbonyl (C=O) groups is 2. The molecule has 0 aliphatic rings. The number of hydrogen-bond acceptors (Lipinski definition) is 3. The summed E-state index contributed by atoms with van der Waals surface area (Å²) in [4.78, 5) is 23.1. The molecule has 4 heteroatoms. The topological polar surface area (TPSA) is 63.6 Å². The van der Waals surface area contributed by atoms with Gasteiger partial charge in [-0.25, -0.2) is 0 Å². The van der Waals surface area contributed by atoms with Crippen molar-refractivity contribution in [2.75, 3.05) is 0 Å². The molecule has 0 heterocycles. The quantitative estimate of drug-likeness (QED) is 0.0504. The number of carboxylic acids is 1. The Morgan fingerprint density at radius 1 is 0.442 bits per heavy atom. The van der Waals surface area contributed by atoms with Gasteiger partial charge < -0.3 is 9.84 Å². The van der Waals surface area contributed by atoms with Crippen LogP contribution < -0.4 is 0 Å². The van der Waals surface area contributed by atoms with Gasteiger partial charge in [-0.3, -0.25) is 9.59 Å². The fourth-order valence-electron chi connectivity index (χ4n) is 7.13. The first-order chi connectivity index (χ1) is 25.2. The van der Waals surface area contributed by atoms with Gasteiger partial charge in [0.15, 0.2) is 0 Å². The van der Waals surface area contributed by atoms with Crippen molar-refractivity contribution < 1.29 is 19.4 Å². The minimum atomic E-state index is -0.572. The summed E-state index contributed by atoms with van der Waals surface area (Å²) < 4.78 is 5.28. The molecule has 0 bridgehead atoms. The summed E-state index contributed by atoms with van der Waals surface area (Å²) in [5.41, 5.74) is 0. The molecule has 0 aliphatic carbocycles. The minimum Gasteiger partial charge on any atom is -0.481 e. The zero-order chi connectivity index (χ0) is 38.9. The highest BCUT2D eigenvalue weighted by Gasteiger charge is 2.18. The SMILES string of the molecule is CCCCCCCCCCCCCCC(CCC(C)CCCC(C)C)C(=O)O.CCCCCCCCCCCCCCCCCC(=O)OC(C)CC. The van der Waals surface area contributed by atoms with E-state index >= 15 is 0 Å². The third-order valence-electron chi connectivity index (χ3n) is 11.1. The van der Waals surface area contributed by atoms with E-state index in [2.05, 4.69) is 34.6 Å². The molecule has 0 rings (SSSR count). The van der Waals surface area contributed by atoms with Gasteiger partial charge in [0.1, 0.15) is 0 Å². The number of aliphatic carboxylic acids is 1. The van der Waals surface area contributed by atoms with Crippen LogP contribution >= 0.6 is 0 Å². The third kappa shape index (κ3) is 43.3. The lowest BCUT2D eigenvalue weighted by atomic mass is 9.89. The van der Waals surface area contributed by atoms with E-state index in [4.69, 9.17) is 4.74 Å². The van der Waals surface area contributed by atoms with Gasteiger partial charge in [0.25, 0.3) is 0 Å². The molecule has 0 radical (unpaired) electrons. The maximum atomic E-state index is 11.5. The second-order valence-electron chi connectivity index (χ2n) is 17.1. The molecule has 0 saturated heterocycles. The summed E-state index contributed by atoms with van der Waals surface area (Å²) in [6.45, 7) is 15.4. The summed E-state index contributed by atoms with van der Waals surface area (Å²) in [6.07, 6.45) is 44.6. The van der Waals surface area contributed by atoms with Crippen molar-refractivity contribution >= 4 is 11.9 Å². The van der Waals surface area contributed by atoms with E-state index in [1.165, 1.54) is 180 Å². The number of carbonyl (C=O) groups excluding carboxylic acids is 1. The summed E-state index contributed by atoms with van der Waals surface area (Å²) in [5, 5.41) is 9.51. The van der Waals surface area contributed by atoms with Crippen LogP contribution in [0.25, 0.3) is 0 Å². The lowest BCUT2D eigenvalue weighted by molar-refractivity contribution is -0.148. The molecule has 0 fully saturated rings. The van der Waals surface area contributed by atoms with Crippen LogP contribution in [0.15, 0.2) is 0 Å². The minimum absolute atomic E-state index is 0.0148. The molecule has 0 spiro atoms. The monoisotopic (exact) mass is 737 g/mol. The number of hydrogen-bond donors (Lipinski definition) is 1. The van der Waals surface area contributed by atoms with Gasteiger partial charge in [-0.15, -0.1) is 0 Å². The van der Waals surface area contributed by atoms with Gasteiger partial charge in [0, 0.05) is 6.42 Å². The second-order valence-corrected chi connectivity index (χ2v) is 17.1. The van der Waals surface area contributed by atoms with Crippen LogP contribution in [0, 0.1) is 17.8 Å². The number of unbranched alkanes of at least 4 members (excludes halogenated alkanes) is 25. The highest BCUT2D eigenvalue weighted by atomic mass is 16.5. The van der Waals surface area contributed by atoms with Crippen LogP contribution in [0.4, 0.5) is 0 Å². The van der Waals surface area contributed by atoms with Crippen molar-refractivity contribution in [2.24, 2.45) is 17.8 Å². The van der Waals surface area contributed by atoms with E-state index in [1.54, 1.807) is 0 Å². The zero-order valence-electron chi connectivity index (χ0n) is 36.7. The maximum Gasteiger partial charge on any atom is 0.306 e. The molecule has 0 aliphatic heterocycles. The predicted octanol–water partition coefficient (Wildman–Crippen LogP) is 16.6. The number of ether oxygens (including phenoxy) is 1. The Labute approximate surface area is 327 Å². The fourth-order valence-corrected chi connectivity index (χ4v) is 7.13. The Kier molecular flexibility index (Phi) is 43.5. The van der Waals surface area contributed by atoms with Crippen molar-refractivity contribution in [1.29, 1.82) is 0 Å². The Morgan fingerprint density at radius 3 is 1.19 bits per heavy atom. The Morgan fingerprint density at radius 2 is 0.827 bits per heavy atom. The molecule has 4 nitrogen and oxygen atoms in total. The first kappa shape index (κ1) is 53.0. The van der Waals surface area contributed by atoms with Crippen molar-refractivity contribution in [2.45, 2.75) is 279 Å². The van der Waals surface area contributed by atoms with E-state index in [-0.39, 0.29) is 18.0 Å². The van der Waals surface area contributed by atoms with Crippen LogP contribution in [0.2, 0.25) is 0 Å². The lowest BCUT2D eigenvalue weighted by Crippen LogP contribution is -2.15. The van der Waals surface area contributed by atoms with Crippen LogP contribution in [-0.2, 0) is 14.3 Å². The van der Waals surface area contributed by atoms with Gasteiger partial charge in [-0.1, -0.05) is 228 Å². The van der Waals surface area contributed by atoms with E-state index in [0.29, 0.717) is 12.3 Å². The fraction of sp³-hybridized carbons (Fsp3) is 0.958. The van der Waals surface area contributed by atoms with Crippen LogP contribution in [0.5, 0.6) is 0 Å². The van der Waals surface area contributed by atoms with Crippen LogP contribution in [0.3, 0.4) is 0 Å². The standard InChI is InChI=1S/C26H52O2.C22H44O2/c1-5-6-7-8-9-10-11-12-13-14-15-16-20-25(26(27)28)22-21-24(4)19-17-18-23(2)3;1-4-6-7-8-9-10-11-12-13-14-15-16-17-18-19-20-22(23)24-21(3)5-2/h23-25H,5-22H2,1-4H3,(H,27,28);21H,4-20H2,1-3H3. The predicted molar refractivity (Wildman–Crippen MR) is 229 cm³/mol. The molecule has 3 unspecified atom stereocenters. The molecular formula is C48H96O4. The van der Waals surface area contributed by atoms with Gasteiger partial charge in [-0.05, 0) is 50.9 Å². The molecule has 52 heavy (non-hydrogen) atoms. The first-order valence-corrected chi connectivity index (χ1v) is 23.6. The summed E-state index contributed by atoms with van der Waals surface area (Å²) in [7, 11) is 0. The highest BCUT2D eigenvalue weighted by Crippen LogP contribution is 2.23. The molecule has 0 aromatic carbocycles. The number of rotatable bonds is 39. The van der Waals surface area contributed by atoms with Gasteiger partial charge in [0.05, 0.1) is 12.0 Å². The molecule has 0 aromatic heterocycles.